The van der Waals surface area contributed by atoms with Crippen molar-refractivity contribution in [2.45, 2.75) is 6.54 Å². The van der Waals surface area contributed by atoms with Gasteiger partial charge in [0.2, 0.25) is 0 Å². The van der Waals surface area contributed by atoms with Gasteiger partial charge < -0.3 is 10.2 Å². The number of hydrogen-bond donors (Lipinski definition) is 1. The molecule has 0 fully saturated rings. The predicted octanol–water partition coefficient (Wildman–Crippen LogP) is 2.73. The van der Waals surface area contributed by atoms with Crippen LogP contribution in [-0.4, -0.2) is 24.9 Å². The first-order valence-corrected chi connectivity index (χ1v) is 6.87. The molecule has 120 valence electrons. The molecule has 23 heavy (non-hydrogen) atoms. The number of rotatable bonds is 5. The van der Waals surface area contributed by atoms with Gasteiger partial charge in [-0.1, -0.05) is 18.2 Å². The normalized spacial score (nSPS) is 10.2. The molecule has 0 saturated heterocycles. The highest BCUT2D eigenvalue weighted by molar-refractivity contribution is 5.95. The molecule has 0 atom stereocenters. The first-order chi connectivity index (χ1) is 10.9. The molecule has 1 N–H and O–H groups in total. The first kappa shape index (κ1) is 16.4. The van der Waals surface area contributed by atoms with Gasteiger partial charge in [-0.3, -0.25) is 14.9 Å². The molecular formula is C16H16FN3O3. The molecule has 0 spiro atoms. The zero-order chi connectivity index (χ0) is 17.0. The Labute approximate surface area is 132 Å². The van der Waals surface area contributed by atoms with E-state index >= 15 is 0 Å². The van der Waals surface area contributed by atoms with Gasteiger partial charge in [0, 0.05) is 37.8 Å². The number of amides is 1. The molecule has 1 amide bonds. The van der Waals surface area contributed by atoms with Crippen molar-refractivity contribution in [2.75, 3.05) is 19.0 Å². The van der Waals surface area contributed by atoms with Crippen molar-refractivity contribution in [2.24, 2.45) is 0 Å². The molecule has 2 aromatic carbocycles. The van der Waals surface area contributed by atoms with Gasteiger partial charge >= 0.3 is 0 Å². The Hall–Kier alpha value is -2.96. The fourth-order valence-corrected chi connectivity index (χ4v) is 2.11. The van der Waals surface area contributed by atoms with Crippen LogP contribution in [0.2, 0.25) is 0 Å². The van der Waals surface area contributed by atoms with Crippen molar-refractivity contribution in [3.8, 4) is 0 Å². The van der Waals surface area contributed by atoms with Gasteiger partial charge in [-0.25, -0.2) is 4.39 Å². The number of hydrogen-bond acceptors (Lipinski definition) is 4. The predicted molar refractivity (Wildman–Crippen MR) is 85.0 cm³/mol. The average molecular weight is 317 g/mol. The number of benzene rings is 2. The summed E-state index contributed by atoms with van der Waals surface area (Å²) in [4.78, 5) is 24.3. The summed E-state index contributed by atoms with van der Waals surface area (Å²) in [5.74, 6) is -0.914. The second kappa shape index (κ2) is 6.87. The van der Waals surface area contributed by atoms with Crippen LogP contribution in [0.25, 0.3) is 0 Å². The fraction of sp³-hybridized carbons (Fsp3) is 0.188. The van der Waals surface area contributed by atoms with E-state index in [1.165, 1.54) is 24.3 Å². The molecule has 0 radical (unpaired) electrons. The van der Waals surface area contributed by atoms with Gasteiger partial charge in [0.05, 0.1) is 4.92 Å². The minimum Gasteiger partial charge on any atom is -0.372 e. The molecule has 0 aliphatic rings. The highest BCUT2D eigenvalue weighted by atomic mass is 19.1. The lowest BCUT2D eigenvalue weighted by Gasteiger charge is -2.13. The number of nitrogens with zero attached hydrogens (tertiary/aromatic N) is 2. The van der Waals surface area contributed by atoms with Crippen LogP contribution in [0.4, 0.5) is 15.8 Å². The number of anilines is 1. The monoisotopic (exact) mass is 317 g/mol. The zero-order valence-electron chi connectivity index (χ0n) is 12.7. The first-order valence-electron chi connectivity index (χ1n) is 6.87. The molecule has 0 saturated carbocycles. The third kappa shape index (κ3) is 3.82. The molecule has 2 aromatic rings. The molecule has 7 heteroatoms. The third-order valence-electron chi connectivity index (χ3n) is 3.31. The van der Waals surface area contributed by atoms with E-state index in [1.807, 2.05) is 0 Å². The molecule has 2 rings (SSSR count). The third-order valence-corrected chi connectivity index (χ3v) is 3.31. The van der Waals surface area contributed by atoms with E-state index in [4.69, 9.17) is 0 Å². The highest BCUT2D eigenvalue weighted by Crippen LogP contribution is 2.27. The topological polar surface area (TPSA) is 75.5 Å². The van der Waals surface area contributed by atoms with Crippen molar-refractivity contribution in [1.82, 2.24) is 5.32 Å². The summed E-state index contributed by atoms with van der Waals surface area (Å²) >= 11 is 0. The number of carbonyl (C=O) groups excluding carboxylic acids is 1. The summed E-state index contributed by atoms with van der Waals surface area (Å²) < 4.78 is 13.5. The van der Waals surface area contributed by atoms with Gasteiger partial charge in [-0.15, -0.1) is 0 Å². The molecule has 0 aliphatic carbocycles. The van der Waals surface area contributed by atoms with Gasteiger partial charge in [0.15, 0.2) is 0 Å². The van der Waals surface area contributed by atoms with E-state index < -0.39 is 16.6 Å². The lowest BCUT2D eigenvalue weighted by Crippen LogP contribution is -2.23. The maximum absolute atomic E-state index is 13.5. The molecule has 0 aliphatic heterocycles. The van der Waals surface area contributed by atoms with Crippen molar-refractivity contribution in [3.63, 3.8) is 0 Å². The lowest BCUT2D eigenvalue weighted by molar-refractivity contribution is -0.384. The largest absolute Gasteiger partial charge is 0.372 e. The Kier molecular flexibility index (Phi) is 4.90. The van der Waals surface area contributed by atoms with E-state index in [9.17, 15) is 19.3 Å². The lowest BCUT2D eigenvalue weighted by atomic mass is 10.1. The second-order valence-corrected chi connectivity index (χ2v) is 5.13. The van der Waals surface area contributed by atoms with Crippen LogP contribution < -0.4 is 10.2 Å². The van der Waals surface area contributed by atoms with Crippen molar-refractivity contribution >= 4 is 17.3 Å². The van der Waals surface area contributed by atoms with Crippen LogP contribution in [0.15, 0.2) is 42.5 Å². The number of nitrogens with one attached hydrogen (secondary N) is 1. The van der Waals surface area contributed by atoms with Crippen molar-refractivity contribution in [3.05, 3.63) is 69.5 Å². The number of carbonyl (C=O) groups is 1. The Morgan fingerprint density at radius 2 is 1.96 bits per heavy atom. The summed E-state index contributed by atoms with van der Waals surface area (Å²) in [7, 11) is 3.36. The average Bonchev–Trinajstić information content (AvgIpc) is 2.53. The van der Waals surface area contributed by atoms with Crippen LogP contribution >= 0.6 is 0 Å². The smallest absolute Gasteiger partial charge is 0.293 e. The Morgan fingerprint density at radius 3 is 2.57 bits per heavy atom. The maximum Gasteiger partial charge on any atom is 0.293 e. The van der Waals surface area contributed by atoms with E-state index in [0.29, 0.717) is 11.3 Å². The molecule has 6 nitrogen and oxygen atoms in total. The Bertz CT molecular complexity index is 747. The van der Waals surface area contributed by atoms with E-state index in [-0.39, 0.29) is 17.8 Å². The Morgan fingerprint density at radius 1 is 1.26 bits per heavy atom. The summed E-state index contributed by atoms with van der Waals surface area (Å²) in [5, 5.41) is 13.7. The van der Waals surface area contributed by atoms with Crippen LogP contribution in [0.5, 0.6) is 0 Å². The number of nitro benzene ring substituents is 1. The van der Waals surface area contributed by atoms with E-state index in [1.54, 1.807) is 37.2 Å². The van der Waals surface area contributed by atoms with Crippen LogP contribution in [0, 0.1) is 15.9 Å². The fourth-order valence-electron chi connectivity index (χ4n) is 2.11. The van der Waals surface area contributed by atoms with Crippen molar-refractivity contribution < 1.29 is 14.1 Å². The quantitative estimate of drug-likeness (QED) is 0.679. The summed E-state index contributed by atoms with van der Waals surface area (Å²) in [5.41, 5.74) is 0.744. The van der Waals surface area contributed by atoms with Crippen LogP contribution in [0.3, 0.4) is 0 Å². The minimum absolute atomic E-state index is 0.00867. The van der Waals surface area contributed by atoms with Gasteiger partial charge in [0.1, 0.15) is 11.5 Å². The SMILES string of the molecule is CN(C)c1ccc(C(=O)NCc2ccccc2F)cc1[N+](=O)[O-]. The summed E-state index contributed by atoms with van der Waals surface area (Å²) in [6, 6.07) is 10.3. The Balaban J connectivity index is 2.18. The maximum atomic E-state index is 13.5. The second-order valence-electron chi connectivity index (χ2n) is 5.13. The van der Waals surface area contributed by atoms with Crippen molar-refractivity contribution in [1.29, 1.82) is 0 Å². The van der Waals surface area contributed by atoms with Gasteiger partial charge in [-0.05, 0) is 18.2 Å². The van der Waals surface area contributed by atoms with E-state index in [2.05, 4.69) is 5.32 Å². The van der Waals surface area contributed by atoms with E-state index in [0.717, 1.165) is 0 Å². The standard InChI is InChI=1S/C16H16FN3O3/c1-19(2)14-8-7-11(9-15(14)20(22)23)16(21)18-10-12-5-3-4-6-13(12)17/h3-9H,10H2,1-2H3,(H,18,21). The highest BCUT2D eigenvalue weighted by Gasteiger charge is 2.18. The summed E-state index contributed by atoms with van der Waals surface area (Å²) in [6.45, 7) is 0.00867. The number of nitro groups is 1. The molecule has 0 heterocycles. The molecule has 0 bridgehead atoms. The van der Waals surface area contributed by atoms with Gasteiger partial charge in [0.25, 0.3) is 11.6 Å². The minimum atomic E-state index is -0.539. The molecular weight excluding hydrogens is 301 g/mol. The van der Waals surface area contributed by atoms with Crippen LogP contribution in [-0.2, 0) is 6.54 Å². The van der Waals surface area contributed by atoms with Crippen LogP contribution in [0.1, 0.15) is 15.9 Å². The zero-order valence-corrected chi connectivity index (χ0v) is 12.7. The molecule has 0 unspecified atom stereocenters. The molecule has 0 aromatic heterocycles. The summed E-state index contributed by atoms with van der Waals surface area (Å²) in [6.07, 6.45) is 0. The van der Waals surface area contributed by atoms with Gasteiger partial charge in [-0.2, -0.15) is 0 Å². The number of halogens is 1.